The summed E-state index contributed by atoms with van der Waals surface area (Å²) in [4.78, 5) is 0. The molecule has 1 saturated heterocycles. The fraction of sp³-hybridized carbons (Fsp3) is 0.647. The molecular formula is C17H25NO2. The van der Waals surface area contributed by atoms with Crippen molar-refractivity contribution in [3.05, 3.63) is 29.8 Å². The van der Waals surface area contributed by atoms with Crippen molar-refractivity contribution in [1.29, 1.82) is 0 Å². The van der Waals surface area contributed by atoms with E-state index in [0.29, 0.717) is 12.1 Å². The van der Waals surface area contributed by atoms with Gasteiger partial charge in [0.15, 0.2) is 0 Å². The van der Waals surface area contributed by atoms with E-state index < -0.39 is 0 Å². The molecule has 1 aliphatic carbocycles. The molecule has 110 valence electrons. The summed E-state index contributed by atoms with van der Waals surface area (Å²) in [6, 6.07) is 8.93. The third-order valence-corrected chi connectivity index (χ3v) is 5.01. The van der Waals surface area contributed by atoms with E-state index in [4.69, 9.17) is 9.47 Å². The van der Waals surface area contributed by atoms with E-state index in [-0.39, 0.29) is 5.41 Å². The highest BCUT2D eigenvalue weighted by Gasteiger charge is 2.58. The van der Waals surface area contributed by atoms with Crippen molar-refractivity contribution in [2.24, 2.45) is 11.3 Å². The Kier molecular flexibility index (Phi) is 3.74. The minimum atomic E-state index is 0.273. The molecule has 1 aliphatic heterocycles. The van der Waals surface area contributed by atoms with Gasteiger partial charge in [0.25, 0.3) is 0 Å². The van der Waals surface area contributed by atoms with Crippen molar-refractivity contribution < 1.29 is 9.47 Å². The second-order valence-corrected chi connectivity index (χ2v) is 6.60. The molecule has 0 amide bonds. The standard InChI is InChI=1S/C17H25NO2/c1-17(2)15(14-8-10-20-16(14)17)18-9-7-12-5-4-6-13(11-12)19-3/h4-6,11,14-16,18H,7-10H2,1-3H3. The van der Waals surface area contributed by atoms with Crippen molar-refractivity contribution in [1.82, 2.24) is 5.32 Å². The maximum Gasteiger partial charge on any atom is 0.119 e. The fourth-order valence-electron chi connectivity index (χ4n) is 3.94. The molecule has 3 nitrogen and oxygen atoms in total. The molecule has 0 radical (unpaired) electrons. The van der Waals surface area contributed by atoms with Gasteiger partial charge in [-0.2, -0.15) is 0 Å². The monoisotopic (exact) mass is 275 g/mol. The minimum absolute atomic E-state index is 0.273. The average molecular weight is 275 g/mol. The van der Waals surface area contributed by atoms with E-state index >= 15 is 0 Å². The molecule has 3 unspecified atom stereocenters. The van der Waals surface area contributed by atoms with Crippen molar-refractivity contribution in [3.8, 4) is 5.75 Å². The molecule has 0 spiro atoms. The summed E-state index contributed by atoms with van der Waals surface area (Å²) >= 11 is 0. The summed E-state index contributed by atoms with van der Waals surface area (Å²) in [5.74, 6) is 1.66. The van der Waals surface area contributed by atoms with E-state index in [0.717, 1.165) is 31.2 Å². The first-order valence-corrected chi connectivity index (χ1v) is 7.61. The summed E-state index contributed by atoms with van der Waals surface area (Å²) in [6.07, 6.45) is 2.73. The SMILES string of the molecule is COc1cccc(CCNC2C3CCOC3C2(C)C)c1. The highest BCUT2D eigenvalue weighted by Crippen LogP contribution is 2.51. The van der Waals surface area contributed by atoms with Gasteiger partial charge in [-0.05, 0) is 37.1 Å². The number of fused-ring (bicyclic) bond motifs is 1. The lowest BCUT2D eigenvalue weighted by molar-refractivity contribution is -0.112. The fourth-order valence-corrected chi connectivity index (χ4v) is 3.94. The van der Waals surface area contributed by atoms with Gasteiger partial charge < -0.3 is 14.8 Å². The average Bonchev–Trinajstić information content (AvgIpc) is 2.90. The van der Waals surface area contributed by atoms with Gasteiger partial charge in [-0.3, -0.25) is 0 Å². The van der Waals surface area contributed by atoms with Crippen molar-refractivity contribution in [2.45, 2.75) is 38.8 Å². The van der Waals surface area contributed by atoms with Crippen LogP contribution in [0.4, 0.5) is 0 Å². The lowest BCUT2D eigenvalue weighted by Crippen LogP contribution is -2.66. The van der Waals surface area contributed by atoms with Crippen LogP contribution < -0.4 is 10.1 Å². The van der Waals surface area contributed by atoms with Crippen LogP contribution in [-0.4, -0.2) is 32.4 Å². The third kappa shape index (κ3) is 2.33. The van der Waals surface area contributed by atoms with Crippen LogP contribution in [-0.2, 0) is 11.2 Å². The van der Waals surface area contributed by atoms with Gasteiger partial charge in [0.2, 0.25) is 0 Å². The topological polar surface area (TPSA) is 30.5 Å². The molecule has 1 heterocycles. The number of hydrogen-bond acceptors (Lipinski definition) is 3. The molecule has 0 aromatic heterocycles. The Bertz CT molecular complexity index is 472. The zero-order chi connectivity index (χ0) is 14.2. The van der Waals surface area contributed by atoms with Crippen LogP contribution in [0.15, 0.2) is 24.3 Å². The molecule has 1 aromatic rings. The van der Waals surface area contributed by atoms with Crippen molar-refractivity contribution >= 4 is 0 Å². The lowest BCUT2D eigenvalue weighted by atomic mass is 9.57. The molecule has 20 heavy (non-hydrogen) atoms. The number of rotatable bonds is 5. The Morgan fingerprint density at radius 1 is 1.40 bits per heavy atom. The van der Waals surface area contributed by atoms with Crippen LogP contribution in [0, 0.1) is 11.3 Å². The lowest BCUT2D eigenvalue weighted by Gasteiger charge is -2.55. The van der Waals surface area contributed by atoms with E-state index in [1.165, 1.54) is 12.0 Å². The predicted octanol–water partition coefficient (Wildman–Crippen LogP) is 2.64. The summed E-state index contributed by atoms with van der Waals surface area (Å²) in [7, 11) is 1.72. The number of nitrogens with one attached hydrogen (secondary N) is 1. The van der Waals surface area contributed by atoms with E-state index in [2.05, 4.69) is 37.4 Å². The van der Waals surface area contributed by atoms with Gasteiger partial charge in [0.1, 0.15) is 5.75 Å². The summed E-state index contributed by atoms with van der Waals surface area (Å²) in [5, 5.41) is 3.75. The van der Waals surface area contributed by atoms with Crippen molar-refractivity contribution in [2.75, 3.05) is 20.3 Å². The van der Waals surface area contributed by atoms with Crippen LogP contribution in [0.2, 0.25) is 0 Å². The summed E-state index contributed by atoms with van der Waals surface area (Å²) in [6.45, 7) is 6.60. The zero-order valence-electron chi connectivity index (χ0n) is 12.7. The Morgan fingerprint density at radius 3 is 3.05 bits per heavy atom. The quantitative estimate of drug-likeness (QED) is 0.896. The van der Waals surface area contributed by atoms with Crippen molar-refractivity contribution in [3.63, 3.8) is 0 Å². The molecule has 0 bridgehead atoms. The Labute approximate surface area is 121 Å². The smallest absolute Gasteiger partial charge is 0.119 e. The maximum atomic E-state index is 5.84. The maximum absolute atomic E-state index is 5.84. The highest BCUT2D eigenvalue weighted by atomic mass is 16.5. The van der Waals surface area contributed by atoms with Gasteiger partial charge >= 0.3 is 0 Å². The van der Waals surface area contributed by atoms with Gasteiger partial charge in [0.05, 0.1) is 13.2 Å². The third-order valence-electron chi connectivity index (χ3n) is 5.01. The molecule has 2 fully saturated rings. The number of ether oxygens (including phenoxy) is 2. The van der Waals surface area contributed by atoms with E-state index in [9.17, 15) is 0 Å². The van der Waals surface area contributed by atoms with E-state index in [1.807, 2.05) is 6.07 Å². The minimum Gasteiger partial charge on any atom is -0.497 e. The molecule has 3 heteroatoms. The van der Waals surface area contributed by atoms with Gasteiger partial charge in [-0.15, -0.1) is 0 Å². The molecular weight excluding hydrogens is 250 g/mol. The molecule has 3 rings (SSSR count). The normalized spacial score (nSPS) is 30.6. The largest absolute Gasteiger partial charge is 0.497 e. The van der Waals surface area contributed by atoms with Crippen LogP contribution in [0.1, 0.15) is 25.8 Å². The number of methoxy groups -OCH3 is 1. The van der Waals surface area contributed by atoms with Gasteiger partial charge in [-0.25, -0.2) is 0 Å². The molecule has 1 N–H and O–H groups in total. The first kappa shape index (κ1) is 13.9. The van der Waals surface area contributed by atoms with E-state index in [1.54, 1.807) is 7.11 Å². The Hall–Kier alpha value is -1.06. The summed E-state index contributed by atoms with van der Waals surface area (Å²) in [5.41, 5.74) is 1.60. The highest BCUT2D eigenvalue weighted by molar-refractivity contribution is 5.28. The van der Waals surface area contributed by atoms with Gasteiger partial charge in [0, 0.05) is 24.0 Å². The first-order chi connectivity index (χ1) is 9.63. The molecule has 1 aromatic carbocycles. The molecule has 3 atom stereocenters. The molecule has 2 aliphatic rings. The van der Waals surface area contributed by atoms with Crippen LogP contribution in [0.25, 0.3) is 0 Å². The Morgan fingerprint density at radius 2 is 2.25 bits per heavy atom. The summed E-state index contributed by atoms with van der Waals surface area (Å²) < 4.78 is 11.1. The molecule has 1 saturated carbocycles. The zero-order valence-corrected chi connectivity index (χ0v) is 12.7. The van der Waals surface area contributed by atoms with Crippen LogP contribution in [0.3, 0.4) is 0 Å². The second-order valence-electron chi connectivity index (χ2n) is 6.60. The first-order valence-electron chi connectivity index (χ1n) is 7.61. The van der Waals surface area contributed by atoms with Crippen LogP contribution in [0.5, 0.6) is 5.75 Å². The second kappa shape index (κ2) is 5.38. The van der Waals surface area contributed by atoms with Gasteiger partial charge in [-0.1, -0.05) is 26.0 Å². The Balaban J connectivity index is 1.52. The van der Waals surface area contributed by atoms with Crippen LogP contribution >= 0.6 is 0 Å². The predicted molar refractivity (Wildman–Crippen MR) is 80.1 cm³/mol. The number of hydrogen-bond donors (Lipinski definition) is 1. The number of benzene rings is 1.